The average Bonchev–Trinajstić information content (AvgIpc) is 3.21. The quantitative estimate of drug-likeness (QED) is 0.545. The van der Waals surface area contributed by atoms with Crippen molar-refractivity contribution in [3.63, 3.8) is 0 Å². The number of hydrogen-bond donors (Lipinski definition) is 2. The van der Waals surface area contributed by atoms with Gasteiger partial charge < -0.3 is 10.6 Å². The molecule has 1 atom stereocenters. The first-order chi connectivity index (χ1) is 13.4. The molecule has 0 bridgehead atoms. The van der Waals surface area contributed by atoms with Crippen LogP contribution in [0.4, 0.5) is 10.8 Å². The summed E-state index contributed by atoms with van der Waals surface area (Å²) in [4.78, 5) is 32.6. The van der Waals surface area contributed by atoms with Crippen molar-refractivity contribution in [1.29, 1.82) is 0 Å². The van der Waals surface area contributed by atoms with Gasteiger partial charge in [0.05, 0.1) is 16.6 Å². The summed E-state index contributed by atoms with van der Waals surface area (Å²) in [5.74, 6) is -0.427. The zero-order valence-corrected chi connectivity index (χ0v) is 18.2. The van der Waals surface area contributed by atoms with E-state index in [-0.39, 0.29) is 18.2 Å². The highest BCUT2D eigenvalue weighted by Crippen LogP contribution is 2.38. The molecule has 9 heteroatoms. The van der Waals surface area contributed by atoms with Crippen molar-refractivity contribution >= 4 is 68.7 Å². The van der Waals surface area contributed by atoms with Gasteiger partial charge in [-0.3, -0.25) is 9.59 Å². The molecule has 3 aromatic rings. The molecule has 5 nitrogen and oxygen atoms in total. The Hall–Kier alpha value is -1.87. The van der Waals surface area contributed by atoms with E-state index in [1.165, 1.54) is 32.9 Å². The normalized spacial score (nSPS) is 15.8. The summed E-state index contributed by atoms with van der Waals surface area (Å²) in [5.41, 5.74) is 2.64. The van der Waals surface area contributed by atoms with E-state index in [0.29, 0.717) is 15.8 Å². The summed E-state index contributed by atoms with van der Waals surface area (Å²) >= 11 is 10.4. The van der Waals surface area contributed by atoms with Crippen LogP contribution >= 0.6 is 46.0 Å². The van der Waals surface area contributed by atoms with E-state index < -0.39 is 5.25 Å². The lowest BCUT2D eigenvalue weighted by molar-refractivity contribution is -0.120. The maximum absolute atomic E-state index is 12.5. The van der Waals surface area contributed by atoms with Gasteiger partial charge in [0.2, 0.25) is 11.8 Å². The number of thiophene rings is 1. The van der Waals surface area contributed by atoms with Crippen LogP contribution in [0.25, 0.3) is 11.3 Å². The molecular formula is C19H16ClN3O2S3. The van der Waals surface area contributed by atoms with E-state index in [4.69, 9.17) is 11.6 Å². The van der Waals surface area contributed by atoms with Crippen molar-refractivity contribution in [1.82, 2.24) is 4.98 Å². The summed E-state index contributed by atoms with van der Waals surface area (Å²) in [6, 6.07) is 7.44. The molecule has 0 saturated carbocycles. The summed E-state index contributed by atoms with van der Waals surface area (Å²) in [6.45, 7) is 4.13. The molecule has 2 amide bonds. The summed E-state index contributed by atoms with van der Waals surface area (Å²) in [5, 5.41) is 8.18. The van der Waals surface area contributed by atoms with Crippen molar-refractivity contribution in [3.8, 4) is 11.3 Å². The number of rotatable bonds is 4. The summed E-state index contributed by atoms with van der Waals surface area (Å²) < 4.78 is 0. The standard InChI is InChI=1S/C19H16ClN3O2S3/c1-9-5-12(10(2)27-9)14-8-26-19(22-14)23-17(24)7-16-18(25)21-13-6-11(20)3-4-15(13)28-16/h3-6,8,16H,7H2,1-2H3,(H,21,25)(H,22,23,24). The van der Waals surface area contributed by atoms with Crippen LogP contribution in [0, 0.1) is 13.8 Å². The number of thioether (sulfide) groups is 1. The van der Waals surface area contributed by atoms with E-state index in [0.717, 1.165) is 16.2 Å². The fourth-order valence-corrected chi connectivity index (χ4v) is 5.86. The fourth-order valence-electron chi connectivity index (χ4n) is 2.94. The third-order valence-corrected chi connectivity index (χ3v) is 7.43. The van der Waals surface area contributed by atoms with Crippen LogP contribution in [0.5, 0.6) is 0 Å². The van der Waals surface area contributed by atoms with E-state index in [9.17, 15) is 9.59 Å². The Morgan fingerprint density at radius 2 is 2.14 bits per heavy atom. The second kappa shape index (κ2) is 7.87. The van der Waals surface area contributed by atoms with E-state index >= 15 is 0 Å². The van der Waals surface area contributed by atoms with Crippen LogP contribution in [0.1, 0.15) is 16.2 Å². The Kier molecular flexibility index (Phi) is 5.46. The molecule has 3 heterocycles. The average molecular weight is 450 g/mol. The first-order valence-electron chi connectivity index (χ1n) is 8.49. The zero-order chi connectivity index (χ0) is 19.8. The van der Waals surface area contributed by atoms with Crippen LogP contribution in [-0.4, -0.2) is 22.0 Å². The number of fused-ring (bicyclic) bond motifs is 1. The Bertz CT molecular complexity index is 1080. The number of carbonyl (C=O) groups is 2. The van der Waals surface area contributed by atoms with Gasteiger partial charge in [0.25, 0.3) is 0 Å². The predicted octanol–water partition coefficient (Wildman–Crippen LogP) is 5.58. The Labute approximate surface area is 179 Å². The highest BCUT2D eigenvalue weighted by molar-refractivity contribution is 8.01. The first-order valence-corrected chi connectivity index (χ1v) is 11.4. The number of hydrogen-bond acceptors (Lipinski definition) is 6. The molecular weight excluding hydrogens is 434 g/mol. The van der Waals surface area contributed by atoms with Crippen LogP contribution in [0.15, 0.2) is 34.5 Å². The minimum absolute atomic E-state index is 0.0735. The van der Waals surface area contributed by atoms with Crippen molar-refractivity contribution in [2.75, 3.05) is 10.6 Å². The lowest BCUT2D eigenvalue weighted by Gasteiger charge is -2.23. The molecule has 1 aliphatic rings. The van der Waals surface area contributed by atoms with Crippen LogP contribution in [0.3, 0.4) is 0 Å². The molecule has 0 radical (unpaired) electrons. The van der Waals surface area contributed by atoms with Gasteiger partial charge in [-0.05, 0) is 38.1 Å². The maximum atomic E-state index is 12.5. The fraction of sp³-hybridized carbons (Fsp3) is 0.211. The molecule has 28 heavy (non-hydrogen) atoms. The topological polar surface area (TPSA) is 71.1 Å². The number of benzene rings is 1. The second-order valence-corrected chi connectivity index (χ2v) is 10.4. The number of aromatic nitrogens is 1. The minimum atomic E-state index is -0.491. The lowest BCUT2D eigenvalue weighted by atomic mass is 10.2. The predicted molar refractivity (Wildman–Crippen MR) is 118 cm³/mol. The van der Waals surface area contributed by atoms with Gasteiger partial charge in [0.1, 0.15) is 0 Å². The molecule has 0 saturated heterocycles. The van der Waals surface area contributed by atoms with E-state index in [1.54, 1.807) is 23.5 Å². The number of carbonyl (C=O) groups excluding carboxylic acids is 2. The zero-order valence-electron chi connectivity index (χ0n) is 15.0. The summed E-state index contributed by atoms with van der Waals surface area (Å²) in [7, 11) is 0. The van der Waals surface area contributed by atoms with E-state index in [2.05, 4.69) is 35.5 Å². The lowest BCUT2D eigenvalue weighted by Crippen LogP contribution is -2.32. The maximum Gasteiger partial charge on any atom is 0.238 e. The molecule has 0 spiro atoms. The van der Waals surface area contributed by atoms with Gasteiger partial charge in [-0.15, -0.1) is 34.4 Å². The largest absolute Gasteiger partial charge is 0.324 e. The van der Waals surface area contributed by atoms with Gasteiger partial charge in [-0.2, -0.15) is 0 Å². The highest BCUT2D eigenvalue weighted by atomic mass is 35.5. The van der Waals surface area contributed by atoms with Gasteiger partial charge in [-0.25, -0.2) is 4.98 Å². The number of aryl methyl sites for hydroxylation is 2. The highest BCUT2D eigenvalue weighted by Gasteiger charge is 2.29. The molecule has 1 aromatic carbocycles. The molecule has 0 aliphatic carbocycles. The SMILES string of the molecule is Cc1cc(-c2csc(NC(=O)CC3Sc4ccc(Cl)cc4NC3=O)n2)c(C)s1. The number of amides is 2. The molecule has 2 aromatic heterocycles. The molecule has 144 valence electrons. The number of halogens is 1. The van der Waals surface area contributed by atoms with Crippen molar-refractivity contribution < 1.29 is 9.59 Å². The number of thiazole rings is 1. The monoisotopic (exact) mass is 449 g/mol. The number of nitrogens with one attached hydrogen (secondary N) is 2. The number of anilines is 2. The first kappa shape index (κ1) is 19.4. The Morgan fingerprint density at radius 1 is 1.32 bits per heavy atom. The van der Waals surface area contributed by atoms with Gasteiger partial charge in [0, 0.05) is 37.0 Å². The Balaban J connectivity index is 1.42. The number of nitrogens with zero attached hydrogens (tertiary/aromatic N) is 1. The molecule has 2 N–H and O–H groups in total. The minimum Gasteiger partial charge on any atom is -0.324 e. The second-order valence-electron chi connectivity index (χ2n) is 6.35. The molecule has 0 fully saturated rings. The smallest absolute Gasteiger partial charge is 0.238 e. The van der Waals surface area contributed by atoms with Crippen molar-refractivity contribution in [2.24, 2.45) is 0 Å². The molecule has 4 rings (SSSR count). The van der Waals surface area contributed by atoms with E-state index in [1.807, 2.05) is 11.4 Å². The van der Waals surface area contributed by atoms with Crippen molar-refractivity contribution in [2.45, 2.75) is 30.4 Å². The van der Waals surface area contributed by atoms with Crippen LogP contribution in [0.2, 0.25) is 5.02 Å². The van der Waals surface area contributed by atoms with Crippen molar-refractivity contribution in [3.05, 3.63) is 44.4 Å². The van der Waals surface area contributed by atoms with Gasteiger partial charge in [0.15, 0.2) is 5.13 Å². The third kappa shape index (κ3) is 4.10. The van der Waals surface area contributed by atoms with Gasteiger partial charge in [-0.1, -0.05) is 11.6 Å². The molecule has 1 aliphatic heterocycles. The summed E-state index contributed by atoms with van der Waals surface area (Å²) in [6.07, 6.45) is 0.0735. The van der Waals surface area contributed by atoms with Crippen LogP contribution in [-0.2, 0) is 9.59 Å². The van der Waals surface area contributed by atoms with Crippen LogP contribution < -0.4 is 10.6 Å². The van der Waals surface area contributed by atoms with Gasteiger partial charge >= 0.3 is 0 Å². The Morgan fingerprint density at radius 3 is 2.89 bits per heavy atom. The third-order valence-electron chi connectivity index (χ3n) is 4.20. The molecule has 1 unspecified atom stereocenters.